The third-order valence-corrected chi connectivity index (χ3v) is 5.57. The molecule has 3 rings (SSSR count). The molecule has 0 N–H and O–H groups in total. The molecule has 2 heteroatoms. The van der Waals surface area contributed by atoms with Gasteiger partial charge in [-0.2, -0.15) is 0 Å². The Morgan fingerprint density at radius 2 is 1.42 bits per heavy atom. The van der Waals surface area contributed by atoms with Gasteiger partial charge in [-0.1, -0.05) is 62.4 Å². The minimum absolute atomic E-state index is 0.0507. The van der Waals surface area contributed by atoms with Crippen LogP contribution in [0, 0.1) is 5.92 Å². The summed E-state index contributed by atoms with van der Waals surface area (Å²) in [6.07, 6.45) is 0. The van der Waals surface area contributed by atoms with E-state index in [0.29, 0.717) is 5.92 Å². The Balaban J connectivity index is 2.12. The molecule has 98 valence electrons. The van der Waals surface area contributed by atoms with E-state index in [9.17, 15) is 4.21 Å². The second kappa shape index (κ2) is 4.93. The Labute approximate surface area is 117 Å². The number of rotatable bonds is 3. The van der Waals surface area contributed by atoms with Gasteiger partial charge in [0.05, 0.1) is 5.25 Å². The maximum Gasteiger partial charge on any atom is 0.0858 e. The van der Waals surface area contributed by atoms with Gasteiger partial charge in [-0.15, -0.1) is 0 Å². The zero-order chi connectivity index (χ0) is 13.4. The number of hydrogen-bond donors (Lipinski definition) is 0. The summed E-state index contributed by atoms with van der Waals surface area (Å²) in [5.74, 6) is 1.22. The predicted molar refractivity (Wildman–Crippen MR) is 81.6 cm³/mol. The van der Waals surface area contributed by atoms with Crippen LogP contribution in [-0.4, -0.2) is 9.96 Å². The molecule has 1 aliphatic carbocycles. The molecule has 0 heterocycles. The summed E-state index contributed by atoms with van der Waals surface area (Å²) in [5.41, 5.74) is 4.95. The molecule has 0 amide bonds. The molecular weight excluding hydrogens is 252 g/mol. The lowest BCUT2D eigenvalue weighted by molar-refractivity contribution is 0.660. The summed E-state index contributed by atoms with van der Waals surface area (Å²) in [6, 6.07) is 16.7. The van der Waals surface area contributed by atoms with Crippen molar-refractivity contribution in [2.24, 2.45) is 5.92 Å². The van der Waals surface area contributed by atoms with Crippen molar-refractivity contribution in [3.8, 4) is 11.1 Å². The fraction of sp³-hybridized carbons (Fsp3) is 0.294. The van der Waals surface area contributed by atoms with Crippen molar-refractivity contribution in [2.45, 2.75) is 19.1 Å². The molecule has 0 aromatic heterocycles. The highest BCUT2D eigenvalue weighted by molar-refractivity contribution is 7.85. The van der Waals surface area contributed by atoms with Crippen molar-refractivity contribution in [3.05, 3.63) is 59.7 Å². The van der Waals surface area contributed by atoms with Crippen LogP contribution >= 0.6 is 0 Å². The van der Waals surface area contributed by atoms with E-state index in [2.05, 4.69) is 50.2 Å². The van der Waals surface area contributed by atoms with Crippen molar-refractivity contribution < 1.29 is 4.21 Å². The van der Waals surface area contributed by atoms with Gasteiger partial charge in [0.25, 0.3) is 0 Å². The summed E-state index contributed by atoms with van der Waals surface area (Å²) in [7, 11) is -0.848. The first-order valence-electron chi connectivity index (χ1n) is 6.74. The molecule has 19 heavy (non-hydrogen) atoms. The smallest absolute Gasteiger partial charge is 0.0858 e. The molecule has 0 bridgehead atoms. The predicted octanol–water partition coefficient (Wildman–Crippen LogP) is 4.16. The van der Waals surface area contributed by atoms with Gasteiger partial charge in [0.1, 0.15) is 0 Å². The first kappa shape index (κ1) is 12.6. The largest absolute Gasteiger partial charge is 0.259 e. The highest BCUT2D eigenvalue weighted by atomic mass is 32.2. The summed E-state index contributed by atoms with van der Waals surface area (Å²) in [5, 5.41) is 0.0507. The van der Waals surface area contributed by atoms with Crippen LogP contribution < -0.4 is 0 Å². The zero-order valence-electron chi connectivity index (χ0n) is 11.3. The minimum atomic E-state index is -0.848. The first-order valence-corrected chi connectivity index (χ1v) is 8.12. The highest BCUT2D eigenvalue weighted by Gasteiger charge is 2.32. The fourth-order valence-electron chi connectivity index (χ4n) is 2.82. The number of benzene rings is 2. The van der Waals surface area contributed by atoms with E-state index in [1.165, 1.54) is 22.3 Å². The molecule has 0 saturated heterocycles. The first-order chi connectivity index (χ1) is 9.18. The molecule has 1 atom stereocenters. The van der Waals surface area contributed by atoms with E-state index in [0.717, 1.165) is 5.75 Å². The van der Waals surface area contributed by atoms with Gasteiger partial charge in [0.15, 0.2) is 0 Å². The topological polar surface area (TPSA) is 17.1 Å². The Hall–Kier alpha value is -1.41. The third kappa shape index (κ3) is 2.14. The molecule has 2 aromatic rings. The van der Waals surface area contributed by atoms with E-state index >= 15 is 0 Å². The zero-order valence-corrected chi connectivity index (χ0v) is 12.1. The van der Waals surface area contributed by atoms with Crippen LogP contribution in [0.15, 0.2) is 48.5 Å². The van der Waals surface area contributed by atoms with E-state index < -0.39 is 10.8 Å². The van der Waals surface area contributed by atoms with E-state index in [4.69, 9.17) is 0 Å². The van der Waals surface area contributed by atoms with Gasteiger partial charge in [-0.05, 0) is 28.2 Å². The average Bonchev–Trinajstić information content (AvgIpc) is 2.72. The van der Waals surface area contributed by atoms with Gasteiger partial charge >= 0.3 is 0 Å². The summed E-state index contributed by atoms with van der Waals surface area (Å²) in [6.45, 7) is 4.26. The Kier molecular flexibility index (Phi) is 3.28. The van der Waals surface area contributed by atoms with Crippen molar-refractivity contribution in [1.82, 2.24) is 0 Å². The summed E-state index contributed by atoms with van der Waals surface area (Å²) >= 11 is 0. The Bertz CT molecular complexity index is 585. The standard InChI is InChI=1S/C17H18OS/c1-12(2)11-19(18)17-15-9-5-3-7-13(15)14-8-4-6-10-16(14)17/h3-10,12,17H,11H2,1-2H3/t19-/m1/s1. The van der Waals surface area contributed by atoms with Crippen LogP contribution in [0.1, 0.15) is 30.2 Å². The molecule has 0 radical (unpaired) electrons. The van der Waals surface area contributed by atoms with Gasteiger partial charge in [0, 0.05) is 16.6 Å². The van der Waals surface area contributed by atoms with Gasteiger partial charge in [0.2, 0.25) is 0 Å². The SMILES string of the molecule is CC(C)C[S@@](=O)C1c2ccccc2-c2ccccc21. The number of fused-ring (bicyclic) bond motifs is 3. The second-order valence-electron chi connectivity index (χ2n) is 5.50. The van der Waals surface area contributed by atoms with Gasteiger partial charge < -0.3 is 0 Å². The molecule has 2 aromatic carbocycles. The van der Waals surface area contributed by atoms with E-state index in [1.54, 1.807) is 0 Å². The molecule has 0 unspecified atom stereocenters. The van der Waals surface area contributed by atoms with Crippen molar-refractivity contribution in [1.29, 1.82) is 0 Å². The number of hydrogen-bond acceptors (Lipinski definition) is 1. The lowest BCUT2D eigenvalue weighted by Crippen LogP contribution is -2.12. The van der Waals surface area contributed by atoms with Crippen LogP contribution in [0.2, 0.25) is 0 Å². The maximum absolute atomic E-state index is 12.7. The molecular formula is C17H18OS. The van der Waals surface area contributed by atoms with Gasteiger partial charge in [-0.3, -0.25) is 4.21 Å². The molecule has 1 nitrogen and oxygen atoms in total. The molecule has 0 fully saturated rings. The lowest BCUT2D eigenvalue weighted by atomic mass is 10.1. The van der Waals surface area contributed by atoms with E-state index in [-0.39, 0.29) is 5.25 Å². The van der Waals surface area contributed by atoms with Crippen LogP contribution in [0.25, 0.3) is 11.1 Å². The van der Waals surface area contributed by atoms with Crippen molar-refractivity contribution in [3.63, 3.8) is 0 Å². The normalized spacial score (nSPS) is 15.3. The van der Waals surface area contributed by atoms with E-state index in [1.807, 2.05) is 12.1 Å². The summed E-state index contributed by atoms with van der Waals surface area (Å²) in [4.78, 5) is 0. The molecule has 1 aliphatic rings. The van der Waals surface area contributed by atoms with Crippen LogP contribution in [0.5, 0.6) is 0 Å². The van der Waals surface area contributed by atoms with Crippen molar-refractivity contribution >= 4 is 10.8 Å². The van der Waals surface area contributed by atoms with Crippen LogP contribution in [-0.2, 0) is 10.8 Å². The minimum Gasteiger partial charge on any atom is -0.259 e. The van der Waals surface area contributed by atoms with Crippen LogP contribution in [0.4, 0.5) is 0 Å². The Morgan fingerprint density at radius 1 is 0.947 bits per heavy atom. The monoisotopic (exact) mass is 270 g/mol. The fourth-order valence-corrected chi connectivity index (χ4v) is 4.64. The third-order valence-electron chi connectivity index (χ3n) is 3.54. The highest BCUT2D eigenvalue weighted by Crippen LogP contribution is 2.46. The molecule has 0 saturated carbocycles. The summed E-state index contributed by atoms with van der Waals surface area (Å²) < 4.78 is 12.7. The average molecular weight is 270 g/mol. The van der Waals surface area contributed by atoms with Gasteiger partial charge in [-0.25, -0.2) is 0 Å². The second-order valence-corrected chi connectivity index (χ2v) is 7.06. The van der Waals surface area contributed by atoms with Crippen LogP contribution in [0.3, 0.4) is 0 Å². The maximum atomic E-state index is 12.7. The van der Waals surface area contributed by atoms with Crippen molar-refractivity contribution in [2.75, 3.05) is 5.75 Å². The lowest BCUT2D eigenvalue weighted by Gasteiger charge is -2.14. The molecule has 0 aliphatic heterocycles. The Morgan fingerprint density at radius 3 is 1.89 bits per heavy atom. The molecule has 0 spiro atoms. The quantitative estimate of drug-likeness (QED) is 0.818.